The molecule has 0 radical (unpaired) electrons. The van der Waals surface area contributed by atoms with Gasteiger partial charge in [0.1, 0.15) is 5.69 Å². The molecule has 0 spiro atoms. The molecule has 2 aromatic heterocycles. The first-order valence-electron chi connectivity index (χ1n) is 9.60. The van der Waals surface area contributed by atoms with E-state index in [9.17, 15) is 0 Å². The topological polar surface area (TPSA) is 101 Å². The zero-order chi connectivity index (χ0) is 19.8. The van der Waals surface area contributed by atoms with Crippen LogP contribution in [0, 0.1) is 0 Å². The maximum Gasteiger partial charge on any atom is 0.276 e. The van der Waals surface area contributed by atoms with Gasteiger partial charge in [0.25, 0.3) is 5.89 Å². The van der Waals surface area contributed by atoms with E-state index < -0.39 is 0 Å². The predicted molar refractivity (Wildman–Crippen MR) is 107 cm³/mol. The highest BCUT2D eigenvalue weighted by molar-refractivity contribution is 5.79. The van der Waals surface area contributed by atoms with Crippen molar-refractivity contribution in [3.05, 3.63) is 30.2 Å². The van der Waals surface area contributed by atoms with Crippen LogP contribution in [-0.2, 0) is 11.2 Å². The molecule has 0 bridgehead atoms. The van der Waals surface area contributed by atoms with Crippen LogP contribution in [0.4, 0.5) is 0 Å². The first-order valence-corrected chi connectivity index (χ1v) is 9.60. The van der Waals surface area contributed by atoms with E-state index in [4.69, 9.17) is 9.26 Å². The highest BCUT2D eigenvalue weighted by atomic mass is 16.5. The lowest BCUT2D eigenvalue weighted by Gasteiger charge is -2.41. The van der Waals surface area contributed by atoms with Gasteiger partial charge in [0.2, 0.25) is 0 Å². The molecule has 2 aromatic rings. The number of guanidine groups is 1. The molecule has 1 saturated heterocycles. The Kier molecular flexibility index (Phi) is 6.94. The van der Waals surface area contributed by atoms with Gasteiger partial charge in [-0.25, -0.2) is 0 Å². The summed E-state index contributed by atoms with van der Waals surface area (Å²) in [6.07, 6.45) is 2.33. The number of ether oxygens (including phenoxy) is 1. The molecule has 2 N–H and O–H groups in total. The third-order valence-electron chi connectivity index (χ3n) is 4.77. The molecular weight excluding hydrogens is 358 g/mol. The van der Waals surface area contributed by atoms with Crippen molar-refractivity contribution >= 4 is 5.96 Å². The van der Waals surface area contributed by atoms with Gasteiger partial charge in [-0.15, -0.1) is 0 Å². The smallest absolute Gasteiger partial charge is 0.276 e. The van der Waals surface area contributed by atoms with Crippen molar-refractivity contribution in [3.8, 4) is 11.6 Å². The summed E-state index contributed by atoms with van der Waals surface area (Å²) in [5.74, 6) is 1.83. The zero-order valence-corrected chi connectivity index (χ0v) is 16.8. The number of hydrogen-bond acceptors (Lipinski definition) is 7. The molecule has 0 aromatic carbocycles. The van der Waals surface area contributed by atoms with Crippen LogP contribution in [0.3, 0.4) is 0 Å². The molecule has 28 heavy (non-hydrogen) atoms. The quantitative estimate of drug-likeness (QED) is 0.535. The SMILES string of the molecule is CN=C(NCCc1noc(-c2ccccn2)n1)NCC(C)(C)N1CCOCC1. The summed E-state index contributed by atoms with van der Waals surface area (Å²) in [6.45, 7) is 9.41. The summed E-state index contributed by atoms with van der Waals surface area (Å²) < 4.78 is 10.7. The van der Waals surface area contributed by atoms with E-state index >= 15 is 0 Å². The minimum Gasteiger partial charge on any atom is -0.379 e. The van der Waals surface area contributed by atoms with Gasteiger partial charge in [0.05, 0.1) is 13.2 Å². The first-order chi connectivity index (χ1) is 13.6. The average Bonchev–Trinajstić information content (AvgIpc) is 3.21. The van der Waals surface area contributed by atoms with E-state index in [2.05, 4.69) is 49.5 Å². The van der Waals surface area contributed by atoms with Crippen LogP contribution in [0.1, 0.15) is 19.7 Å². The lowest BCUT2D eigenvalue weighted by molar-refractivity contribution is -0.00833. The number of nitrogens with zero attached hydrogens (tertiary/aromatic N) is 5. The maximum atomic E-state index is 5.45. The second-order valence-corrected chi connectivity index (χ2v) is 7.25. The monoisotopic (exact) mass is 387 g/mol. The van der Waals surface area contributed by atoms with Crippen molar-refractivity contribution < 1.29 is 9.26 Å². The fraction of sp³-hybridized carbons (Fsp3) is 0.579. The van der Waals surface area contributed by atoms with Crippen LogP contribution in [0.2, 0.25) is 0 Å². The molecule has 0 unspecified atom stereocenters. The molecule has 152 valence electrons. The molecule has 0 aliphatic carbocycles. The molecule has 3 rings (SSSR count). The summed E-state index contributed by atoms with van der Waals surface area (Å²) in [5.41, 5.74) is 0.698. The third kappa shape index (κ3) is 5.49. The van der Waals surface area contributed by atoms with Crippen LogP contribution >= 0.6 is 0 Å². The molecule has 0 atom stereocenters. The Balaban J connectivity index is 1.44. The number of morpholine rings is 1. The van der Waals surface area contributed by atoms with E-state index in [1.54, 1.807) is 13.2 Å². The molecule has 0 saturated carbocycles. The number of pyridine rings is 1. The third-order valence-corrected chi connectivity index (χ3v) is 4.77. The van der Waals surface area contributed by atoms with Crippen molar-refractivity contribution in [1.82, 2.24) is 30.7 Å². The van der Waals surface area contributed by atoms with Gasteiger partial charge >= 0.3 is 0 Å². The maximum absolute atomic E-state index is 5.45. The van der Waals surface area contributed by atoms with E-state index in [1.165, 1.54) is 0 Å². The van der Waals surface area contributed by atoms with Gasteiger partial charge in [0, 0.05) is 51.4 Å². The summed E-state index contributed by atoms with van der Waals surface area (Å²) in [5, 5.41) is 10.7. The van der Waals surface area contributed by atoms with E-state index in [1.807, 2.05) is 18.2 Å². The molecule has 3 heterocycles. The van der Waals surface area contributed by atoms with Crippen molar-refractivity contribution in [3.63, 3.8) is 0 Å². The summed E-state index contributed by atoms with van der Waals surface area (Å²) in [4.78, 5) is 15.3. The highest BCUT2D eigenvalue weighted by Crippen LogP contribution is 2.15. The molecular formula is C19H29N7O2. The lowest BCUT2D eigenvalue weighted by Crippen LogP contribution is -2.56. The molecule has 0 amide bonds. The van der Waals surface area contributed by atoms with E-state index in [0.717, 1.165) is 38.8 Å². The fourth-order valence-electron chi connectivity index (χ4n) is 3.04. The highest BCUT2D eigenvalue weighted by Gasteiger charge is 2.28. The zero-order valence-electron chi connectivity index (χ0n) is 16.8. The fourth-order valence-corrected chi connectivity index (χ4v) is 3.04. The molecule has 1 aliphatic heterocycles. The van der Waals surface area contributed by atoms with Crippen LogP contribution in [0.25, 0.3) is 11.6 Å². The second-order valence-electron chi connectivity index (χ2n) is 7.25. The van der Waals surface area contributed by atoms with Gasteiger partial charge in [-0.3, -0.25) is 14.9 Å². The van der Waals surface area contributed by atoms with Crippen LogP contribution in [-0.4, -0.2) is 78.0 Å². The van der Waals surface area contributed by atoms with Gasteiger partial charge in [0.15, 0.2) is 11.8 Å². The summed E-state index contributed by atoms with van der Waals surface area (Å²) in [7, 11) is 1.77. The number of hydrogen-bond donors (Lipinski definition) is 2. The summed E-state index contributed by atoms with van der Waals surface area (Å²) >= 11 is 0. The Morgan fingerprint density at radius 2 is 2.07 bits per heavy atom. The van der Waals surface area contributed by atoms with Gasteiger partial charge in [-0.1, -0.05) is 11.2 Å². The minimum absolute atomic E-state index is 0.0205. The van der Waals surface area contributed by atoms with Gasteiger partial charge in [-0.2, -0.15) is 4.98 Å². The van der Waals surface area contributed by atoms with Crippen molar-refractivity contribution in [2.45, 2.75) is 25.8 Å². The Bertz CT molecular complexity index is 755. The number of aliphatic imine (C=N–C) groups is 1. The largest absolute Gasteiger partial charge is 0.379 e. The molecule has 1 fully saturated rings. The Morgan fingerprint density at radius 3 is 2.79 bits per heavy atom. The van der Waals surface area contributed by atoms with Crippen molar-refractivity contribution in [1.29, 1.82) is 0 Å². The van der Waals surface area contributed by atoms with Gasteiger partial charge < -0.3 is 19.9 Å². The molecule has 9 nitrogen and oxygen atoms in total. The van der Waals surface area contributed by atoms with Crippen LogP contribution in [0.15, 0.2) is 33.9 Å². The summed E-state index contributed by atoms with van der Waals surface area (Å²) in [6, 6.07) is 5.59. The van der Waals surface area contributed by atoms with E-state index in [0.29, 0.717) is 30.4 Å². The number of aromatic nitrogens is 3. The van der Waals surface area contributed by atoms with Crippen LogP contribution < -0.4 is 10.6 Å². The predicted octanol–water partition coefficient (Wildman–Crippen LogP) is 0.950. The second kappa shape index (κ2) is 9.61. The molecule has 9 heteroatoms. The minimum atomic E-state index is 0.0205. The Morgan fingerprint density at radius 1 is 1.25 bits per heavy atom. The average molecular weight is 387 g/mol. The standard InChI is InChI=1S/C19H29N7O2/c1-19(2,26-10-12-27-13-11-26)14-23-18(20-3)22-9-7-16-24-17(28-25-16)15-6-4-5-8-21-15/h4-6,8H,7,9-14H2,1-3H3,(H2,20,22,23). The first kappa shape index (κ1) is 20.2. The lowest BCUT2D eigenvalue weighted by atomic mass is 10.0. The normalized spacial score (nSPS) is 16.2. The van der Waals surface area contributed by atoms with Crippen molar-refractivity contribution in [2.75, 3.05) is 46.4 Å². The van der Waals surface area contributed by atoms with Crippen LogP contribution in [0.5, 0.6) is 0 Å². The van der Waals surface area contributed by atoms with E-state index in [-0.39, 0.29) is 5.54 Å². The van der Waals surface area contributed by atoms with Gasteiger partial charge in [-0.05, 0) is 26.0 Å². The Hall–Kier alpha value is -2.52. The number of nitrogens with one attached hydrogen (secondary N) is 2. The Labute approximate surface area is 165 Å². The molecule has 1 aliphatic rings. The van der Waals surface area contributed by atoms with Crippen molar-refractivity contribution in [2.24, 2.45) is 4.99 Å². The number of rotatable bonds is 7.